The number of rotatable bonds is 7. The summed E-state index contributed by atoms with van der Waals surface area (Å²) in [6.45, 7) is 3.08. The van der Waals surface area contributed by atoms with Crippen molar-refractivity contribution in [2.24, 2.45) is 0 Å². The van der Waals surface area contributed by atoms with Gasteiger partial charge in [-0.3, -0.25) is 0 Å². The van der Waals surface area contributed by atoms with E-state index in [4.69, 9.17) is 4.74 Å². The van der Waals surface area contributed by atoms with Crippen molar-refractivity contribution in [2.75, 3.05) is 6.61 Å². The molecule has 0 aliphatic heterocycles. The molecule has 0 unspecified atom stereocenters. The van der Waals surface area contributed by atoms with E-state index in [1.165, 1.54) is 31.2 Å². The molecule has 0 N–H and O–H groups in total. The smallest absolute Gasteiger partial charge is 0.174 e. The molecule has 14 heavy (non-hydrogen) atoms. The van der Waals surface area contributed by atoms with Gasteiger partial charge in [-0.15, -0.1) is 11.3 Å². The Balaban J connectivity index is 2.12. The number of ether oxygens (including phenoxy) is 1. The van der Waals surface area contributed by atoms with Crippen molar-refractivity contribution in [1.82, 2.24) is 0 Å². The van der Waals surface area contributed by atoms with E-state index in [0.29, 0.717) is 0 Å². The van der Waals surface area contributed by atoms with Gasteiger partial charge in [0.05, 0.1) is 6.61 Å². The second-order valence-electron chi connectivity index (χ2n) is 3.34. The van der Waals surface area contributed by atoms with E-state index in [1.807, 2.05) is 0 Å². The van der Waals surface area contributed by atoms with Gasteiger partial charge in [-0.2, -0.15) is 12.6 Å². The highest BCUT2D eigenvalue weighted by Crippen LogP contribution is 2.24. The second-order valence-corrected chi connectivity index (χ2v) is 4.53. The Morgan fingerprint density at radius 3 is 2.86 bits per heavy atom. The molecule has 0 spiro atoms. The Bertz CT molecular complexity index is 245. The van der Waals surface area contributed by atoms with Crippen LogP contribution in [0.25, 0.3) is 0 Å². The summed E-state index contributed by atoms with van der Waals surface area (Å²) in [4.78, 5) is 0. The average Bonchev–Trinajstić information content (AvgIpc) is 2.65. The molecule has 1 nitrogen and oxygen atoms in total. The zero-order chi connectivity index (χ0) is 10.2. The highest BCUT2D eigenvalue weighted by Gasteiger charge is 1.98. The molecule has 0 saturated carbocycles. The lowest BCUT2D eigenvalue weighted by atomic mass is 10.2. The monoisotopic (exact) mass is 230 g/mol. The van der Waals surface area contributed by atoms with Crippen LogP contribution in [0.1, 0.15) is 38.2 Å². The Kier molecular flexibility index (Phi) is 6.12. The average molecular weight is 230 g/mol. The molecular formula is C11H18OS2. The van der Waals surface area contributed by atoms with Crippen LogP contribution in [-0.4, -0.2) is 6.61 Å². The summed E-state index contributed by atoms with van der Waals surface area (Å²) < 4.78 is 5.62. The molecule has 0 aliphatic carbocycles. The summed E-state index contributed by atoms with van der Waals surface area (Å²) in [6.07, 6.45) is 5.04. The molecule has 0 bridgehead atoms. The molecule has 0 atom stereocenters. The van der Waals surface area contributed by atoms with Gasteiger partial charge in [0.25, 0.3) is 0 Å². The van der Waals surface area contributed by atoms with Crippen LogP contribution in [0.5, 0.6) is 5.06 Å². The van der Waals surface area contributed by atoms with Crippen molar-refractivity contribution in [3.8, 4) is 5.06 Å². The third kappa shape index (κ3) is 4.38. The number of unbranched alkanes of at least 4 members (excludes halogenated alkanes) is 3. The zero-order valence-electron chi connectivity index (χ0n) is 8.66. The third-order valence-electron chi connectivity index (χ3n) is 2.05. The lowest BCUT2D eigenvalue weighted by Crippen LogP contribution is -1.95. The topological polar surface area (TPSA) is 9.23 Å². The van der Waals surface area contributed by atoms with Gasteiger partial charge in [0.1, 0.15) is 0 Å². The fourth-order valence-electron chi connectivity index (χ4n) is 1.21. The first-order valence-corrected chi connectivity index (χ1v) is 6.69. The lowest BCUT2D eigenvalue weighted by molar-refractivity contribution is 0.313. The van der Waals surface area contributed by atoms with Crippen LogP contribution in [0, 0.1) is 0 Å². The van der Waals surface area contributed by atoms with E-state index in [2.05, 4.69) is 31.0 Å². The minimum Gasteiger partial charge on any atom is -0.484 e. The standard InChI is InChI=1S/C11H18OS2/c1-2-3-4-5-6-12-11-7-10(8-13)9-14-11/h7,9,13H,2-6,8H2,1H3. The van der Waals surface area contributed by atoms with Gasteiger partial charge in [-0.1, -0.05) is 26.2 Å². The van der Waals surface area contributed by atoms with E-state index in [-0.39, 0.29) is 0 Å². The summed E-state index contributed by atoms with van der Waals surface area (Å²) in [5.74, 6) is 0.801. The summed E-state index contributed by atoms with van der Waals surface area (Å²) >= 11 is 5.88. The number of thiol groups is 1. The molecule has 1 aromatic heterocycles. The SMILES string of the molecule is CCCCCCOc1cc(CS)cs1. The van der Waals surface area contributed by atoms with E-state index in [1.54, 1.807) is 11.3 Å². The zero-order valence-corrected chi connectivity index (χ0v) is 10.4. The lowest BCUT2D eigenvalue weighted by Gasteiger charge is -2.01. The van der Waals surface area contributed by atoms with Crippen molar-refractivity contribution in [1.29, 1.82) is 0 Å². The molecule has 0 radical (unpaired) electrons. The molecule has 0 aliphatic rings. The maximum Gasteiger partial charge on any atom is 0.174 e. The second kappa shape index (κ2) is 7.18. The van der Waals surface area contributed by atoms with Crippen molar-refractivity contribution in [3.05, 3.63) is 17.0 Å². The largest absolute Gasteiger partial charge is 0.484 e. The first-order chi connectivity index (χ1) is 6.86. The number of thiophene rings is 1. The first kappa shape index (κ1) is 11.9. The predicted octanol–water partition coefficient (Wildman–Crippen LogP) is 4.14. The van der Waals surface area contributed by atoms with Crippen LogP contribution in [0.4, 0.5) is 0 Å². The van der Waals surface area contributed by atoms with Gasteiger partial charge in [0.2, 0.25) is 0 Å². The Morgan fingerprint density at radius 2 is 2.21 bits per heavy atom. The third-order valence-corrected chi connectivity index (χ3v) is 3.31. The molecule has 0 amide bonds. The summed E-state index contributed by atoms with van der Waals surface area (Å²) in [5, 5.41) is 3.14. The van der Waals surface area contributed by atoms with Crippen molar-refractivity contribution in [3.63, 3.8) is 0 Å². The van der Waals surface area contributed by atoms with Crippen LogP contribution in [0.3, 0.4) is 0 Å². The Labute approximate surface area is 95.9 Å². The fraction of sp³-hybridized carbons (Fsp3) is 0.636. The van der Waals surface area contributed by atoms with Crippen LogP contribution in [0.2, 0.25) is 0 Å². The van der Waals surface area contributed by atoms with E-state index in [9.17, 15) is 0 Å². The first-order valence-electron chi connectivity index (χ1n) is 5.18. The molecule has 0 saturated heterocycles. The van der Waals surface area contributed by atoms with Gasteiger partial charge in [-0.25, -0.2) is 0 Å². The van der Waals surface area contributed by atoms with E-state index >= 15 is 0 Å². The van der Waals surface area contributed by atoms with Gasteiger partial charge >= 0.3 is 0 Å². The fourth-order valence-corrected chi connectivity index (χ4v) is 2.31. The van der Waals surface area contributed by atoms with Crippen molar-refractivity contribution in [2.45, 2.75) is 38.4 Å². The van der Waals surface area contributed by atoms with Crippen LogP contribution >= 0.6 is 24.0 Å². The summed E-state index contributed by atoms with van der Waals surface area (Å²) in [5.41, 5.74) is 1.25. The highest BCUT2D eigenvalue weighted by molar-refractivity contribution is 7.79. The van der Waals surface area contributed by atoms with Gasteiger partial charge < -0.3 is 4.74 Å². The normalized spacial score (nSPS) is 10.4. The molecule has 0 aromatic carbocycles. The van der Waals surface area contributed by atoms with E-state index in [0.717, 1.165) is 17.4 Å². The summed E-state index contributed by atoms with van der Waals surface area (Å²) in [6, 6.07) is 2.08. The van der Waals surface area contributed by atoms with Gasteiger partial charge in [-0.05, 0) is 23.4 Å². The maximum absolute atomic E-state index is 5.62. The Hall–Kier alpha value is -0.150. The molecule has 3 heteroatoms. The minimum absolute atomic E-state index is 0.801. The predicted molar refractivity (Wildman–Crippen MR) is 66.6 cm³/mol. The quantitative estimate of drug-likeness (QED) is 0.547. The molecule has 1 aromatic rings. The van der Waals surface area contributed by atoms with Crippen LogP contribution in [-0.2, 0) is 5.75 Å². The van der Waals surface area contributed by atoms with Crippen molar-refractivity contribution < 1.29 is 4.74 Å². The number of hydrogen-bond donors (Lipinski definition) is 1. The Morgan fingerprint density at radius 1 is 1.36 bits per heavy atom. The van der Waals surface area contributed by atoms with Gasteiger partial charge in [0.15, 0.2) is 5.06 Å². The molecular weight excluding hydrogens is 212 g/mol. The van der Waals surface area contributed by atoms with Crippen LogP contribution < -0.4 is 4.74 Å². The summed E-state index contributed by atoms with van der Waals surface area (Å²) in [7, 11) is 0. The molecule has 1 rings (SSSR count). The number of hydrogen-bond acceptors (Lipinski definition) is 3. The molecule has 0 fully saturated rings. The molecule has 80 valence electrons. The van der Waals surface area contributed by atoms with Gasteiger partial charge in [0, 0.05) is 5.75 Å². The minimum atomic E-state index is 0.801. The maximum atomic E-state index is 5.62. The van der Waals surface area contributed by atoms with Crippen LogP contribution in [0.15, 0.2) is 11.4 Å². The van der Waals surface area contributed by atoms with E-state index < -0.39 is 0 Å². The van der Waals surface area contributed by atoms with Crippen molar-refractivity contribution >= 4 is 24.0 Å². The molecule has 1 heterocycles. The highest BCUT2D eigenvalue weighted by atomic mass is 32.1.